The van der Waals surface area contributed by atoms with Crippen molar-refractivity contribution in [2.75, 3.05) is 10.6 Å². The number of rotatable bonds is 7. The summed E-state index contributed by atoms with van der Waals surface area (Å²) in [6.45, 7) is 6.18. The molecule has 0 aliphatic rings. The molecule has 0 unspecified atom stereocenters. The van der Waals surface area contributed by atoms with Crippen LogP contribution in [0.1, 0.15) is 45.6 Å². The lowest BCUT2D eigenvalue weighted by atomic mass is 10.00. The van der Waals surface area contributed by atoms with Gasteiger partial charge >= 0.3 is 0 Å². The summed E-state index contributed by atoms with van der Waals surface area (Å²) in [7, 11) is -3.52. The molecule has 0 fully saturated rings. The Morgan fingerprint density at radius 1 is 1.00 bits per heavy atom. The van der Waals surface area contributed by atoms with Gasteiger partial charge in [0.1, 0.15) is 0 Å². The molecule has 0 saturated heterocycles. The van der Waals surface area contributed by atoms with Crippen LogP contribution in [0.4, 0.5) is 5.69 Å². The van der Waals surface area contributed by atoms with Crippen LogP contribution >= 0.6 is 11.6 Å². The van der Waals surface area contributed by atoms with Crippen molar-refractivity contribution in [3.05, 3.63) is 99.6 Å². The third-order valence-corrected chi connectivity index (χ3v) is 6.69. The molecule has 0 aliphatic carbocycles. The Bertz CT molecular complexity index is 1210. The molecule has 0 aromatic heterocycles. The maximum Gasteiger partial charge on any atom is 0.251 e. The summed E-state index contributed by atoms with van der Waals surface area (Å²) in [6.07, 6.45) is 1.16. The largest absolute Gasteiger partial charge is 0.346 e. The molecule has 0 heterocycles. The van der Waals surface area contributed by atoms with E-state index in [1.54, 1.807) is 48.5 Å². The standard InChI is InChI=1S/C25H27ClN2O3S/c1-17-5-14-24(18(2)15-17)19(3)27-25(29)21-8-12-23(13-9-21)28(32(4,30)31)16-20-6-10-22(26)11-7-20/h5-15,19H,16H2,1-4H3,(H,27,29)/t19-/m1/s1. The normalized spacial score (nSPS) is 12.3. The molecule has 0 aliphatic heterocycles. The topological polar surface area (TPSA) is 66.5 Å². The Labute approximate surface area is 195 Å². The highest BCUT2D eigenvalue weighted by molar-refractivity contribution is 7.92. The van der Waals surface area contributed by atoms with E-state index in [9.17, 15) is 13.2 Å². The van der Waals surface area contributed by atoms with Gasteiger partial charge in [0, 0.05) is 10.6 Å². The van der Waals surface area contributed by atoms with Crippen LogP contribution in [0.15, 0.2) is 66.7 Å². The first kappa shape index (κ1) is 23.8. The minimum Gasteiger partial charge on any atom is -0.346 e. The molecule has 3 rings (SSSR count). The lowest BCUT2D eigenvalue weighted by Gasteiger charge is -2.23. The predicted molar refractivity (Wildman–Crippen MR) is 131 cm³/mol. The predicted octanol–water partition coefficient (Wildman–Crippen LogP) is 5.41. The zero-order valence-electron chi connectivity index (χ0n) is 18.6. The highest BCUT2D eigenvalue weighted by Gasteiger charge is 2.19. The summed E-state index contributed by atoms with van der Waals surface area (Å²) >= 11 is 5.92. The molecule has 0 radical (unpaired) electrons. The molecule has 1 atom stereocenters. The van der Waals surface area contributed by atoms with Crippen LogP contribution in [0, 0.1) is 13.8 Å². The second-order valence-electron chi connectivity index (χ2n) is 8.00. The van der Waals surface area contributed by atoms with Crippen LogP contribution in [-0.2, 0) is 16.6 Å². The maximum atomic E-state index is 12.8. The molecular weight excluding hydrogens is 444 g/mol. The van der Waals surface area contributed by atoms with Gasteiger partial charge in [-0.05, 0) is 73.9 Å². The zero-order valence-corrected chi connectivity index (χ0v) is 20.2. The van der Waals surface area contributed by atoms with Gasteiger partial charge in [-0.2, -0.15) is 0 Å². The molecule has 0 bridgehead atoms. The van der Waals surface area contributed by atoms with Crippen LogP contribution in [-0.4, -0.2) is 20.6 Å². The number of benzene rings is 3. The number of carbonyl (C=O) groups excluding carboxylic acids is 1. The summed E-state index contributed by atoms with van der Waals surface area (Å²) < 4.78 is 26.1. The molecule has 0 spiro atoms. The fourth-order valence-electron chi connectivity index (χ4n) is 3.60. The third kappa shape index (κ3) is 5.90. The van der Waals surface area contributed by atoms with Gasteiger partial charge in [0.05, 0.1) is 24.5 Å². The van der Waals surface area contributed by atoms with Crippen molar-refractivity contribution in [2.24, 2.45) is 0 Å². The SMILES string of the molecule is Cc1ccc([C@@H](C)NC(=O)c2ccc(N(Cc3ccc(Cl)cc3)S(C)(=O)=O)cc2)c(C)c1. The summed E-state index contributed by atoms with van der Waals surface area (Å²) in [5.41, 5.74) is 5.12. The molecule has 168 valence electrons. The van der Waals surface area contributed by atoms with E-state index >= 15 is 0 Å². The summed E-state index contributed by atoms with van der Waals surface area (Å²) in [5.74, 6) is -0.215. The number of aryl methyl sites for hydroxylation is 2. The van der Waals surface area contributed by atoms with Crippen molar-refractivity contribution in [3.63, 3.8) is 0 Å². The van der Waals surface area contributed by atoms with E-state index < -0.39 is 10.0 Å². The fraction of sp³-hybridized carbons (Fsp3) is 0.240. The second-order valence-corrected chi connectivity index (χ2v) is 10.3. The number of nitrogens with zero attached hydrogens (tertiary/aromatic N) is 1. The quantitative estimate of drug-likeness (QED) is 0.501. The van der Waals surface area contributed by atoms with Gasteiger partial charge in [-0.15, -0.1) is 0 Å². The van der Waals surface area contributed by atoms with E-state index in [0.717, 1.165) is 22.9 Å². The van der Waals surface area contributed by atoms with Gasteiger partial charge < -0.3 is 5.32 Å². The number of halogens is 1. The van der Waals surface area contributed by atoms with Crippen LogP contribution in [0.3, 0.4) is 0 Å². The number of sulfonamides is 1. The van der Waals surface area contributed by atoms with Gasteiger partial charge in [0.25, 0.3) is 5.91 Å². The van der Waals surface area contributed by atoms with Crippen molar-refractivity contribution in [2.45, 2.75) is 33.4 Å². The first-order valence-electron chi connectivity index (χ1n) is 10.2. The van der Waals surface area contributed by atoms with Crippen molar-refractivity contribution in [1.82, 2.24) is 5.32 Å². The third-order valence-electron chi connectivity index (χ3n) is 5.30. The number of anilines is 1. The number of carbonyl (C=O) groups is 1. The van der Waals surface area contributed by atoms with Crippen molar-refractivity contribution >= 4 is 33.2 Å². The molecule has 3 aromatic carbocycles. The van der Waals surface area contributed by atoms with E-state index in [1.807, 2.05) is 32.9 Å². The van der Waals surface area contributed by atoms with Crippen LogP contribution in [0.25, 0.3) is 0 Å². The Morgan fingerprint density at radius 3 is 2.19 bits per heavy atom. The van der Waals surface area contributed by atoms with E-state index in [2.05, 4.69) is 11.4 Å². The number of nitrogens with one attached hydrogen (secondary N) is 1. The molecule has 7 heteroatoms. The summed E-state index contributed by atoms with van der Waals surface area (Å²) in [6, 6.07) is 19.6. The van der Waals surface area contributed by atoms with Gasteiger partial charge in [-0.3, -0.25) is 9.10 Å². The number of amides is 1. The fourth-order valence-corrected chi connectivity index (χ4v) is 4.62. The monoisotopic (exact) mass is 470 g/mol. The molecule has 3 aromatic rings. The first-order valence-corrected chi connectivity index (χ1v) is 12.5. The first-order chi connectivity index (χ1) is 15.0. The molecule has 1 N–H and O–H groups in total. The zero-order chi connectivity index (χ0) is 23.5. The van der Waals surface area contributed by atoms with Crippen LogP contribution in [0.5, 0.6) is 0 Å². The van der Waals surface area contributed by atoms with Crippen molar-refractivity contribution < 1.29 is 13.2 Å². The Morgan fingerprint density at radius 2 is 1.62 bits per heavy atom. The lowest BCUT2D eigenvalue weighted by Crippen LogP contribution is -2.30. The second kappa shape index (κ2) is 9.76. The van der Waals surface area contributed by atoms with Crippen LogP contribution < -0.4 is 9.62 Å². The number of hydrogen-bond acceptors (Lipinski definition) is 3. The highest BCUT2D eigenvalue weighted by Crippen LogP contribution is 2.23. The van der Waals surface area contributed by atoms with Gasteiger partial charge in [0.2, 0.25) is 10.0 Å². The Kier molecular flexibility index (Phi) is 7.26. The molecule has 0 saturated carbocycles. The van der Waals surface area contributed by atoms with Gasteiger partial charge in [-0.1, -0.05) is 47.5 Å². The Hall–Kier alpha value is -2.83. The van der Waals surface area contributed by atoms with E-state index in [-0.39, 0.29) is 18.5 Å². The maximum absolute atomic E-state index is 12.8. The van der Waals surface area contributed by atoms with E-state index in [4.69, 9.17) is 11.6 Å². The summed E-state index contributed by atoms with van der Waals surface area (Å²) in [5, 5.41) is 3.60. The van der Waals surface area contributed by atoms with E-state index in [0.29, 0.717) is 16.3 Å². The van der Waals surface area contributed by atoms with E-state index in [1.165, 1.54) is 9.87 Å². The minimum atomic E-state index is -3.52. The molecule has 32 heavy (non-hydrogen) atoms. The average molecular weight is 471 g/mol. The highest BCUT2D eigenvalue weighted by atomic mass is 35.5. The lowest BCUT2D eigenvalue weighted by molar-refractivity contribution is 0.0940. The average Bonchev–Trinajstić information content (AvgIpc) is 2.72. The van der Waals surface area contributed by atoms with Crippen LogP contribution in [0.2, 0.25) is 5.02 Å². The van der Waals surface area contributed by atoms with Crippen molar-refractivity contribution in [1.29, 1.82) is 0 Å². The Balaban J connectivity index is 1.76. The smallest absolute Gasteiger partial charge is 0.251 e. The number of hydrogen-bond donors (Lipinski definition) is 1. The molecular formula is C25H27ClN2O3S. The molecule has 1 amide bonds. The van der Waals surface area contributed by atoms with Crippen molar-refractivity contribution in [3.8, 4) is 0 Å². The minimum absolute atomic E-state index is 0.153. The summed E-state index contributed by atoms with van der Waals surface area (Å²) in [4.78, 5) is 12.8. The molecule has 5 nitrogen and oxygen atoms in total. The van der Waals surface area contributed by atoms with Gasteiger partial charge in [-0.25, -0.2) is 8.42 Å². The van der Waals surface area contributed by atoms with Gasteiger partial charge in [0.15, 0.2) is 0 Å².